The van der Waals surface area contributed by atoms with Gasteiger partial charge in [-0.05, 0) is 18.6 Å². The number of aromatic nitrogens is 1. The van der Waals surface area contributed by atoms with E-state index in [-0.39, 0.29) is 6.10 Å². The smallest absolute Gasteiger partial charge is 0.0813 e. The molecule has 102 valence electrons. The van der Waals surface area contributed by atoms with Gasteiger partial charge in [-0.15, -0.1) is 0 Å². The predicted octanol–water partition coefficient (Wildman–Crippen LogP) is 4.40. The van der Waals surface area contributed by atoms with Crippen LogP contribution in [0.4, 0.5) is 0 Å². The molecule has 3 rings (SSSR count). The summed E-state index contributed by atoms with van der Waals surface area (Å²) >= 11 is 0. The molecule has 2 nitrogen and oxygen atoms in total. The molecule has 0 bridgehead atoms. The number of para-hydroxylation sites is 1. The Morgan fingerprint density at radius 2 is 1.70 bits per heavy atom. The fourth-order valence-electron chi connectivity index (χ4n) is 2.64. The van der Waals surface area contributed by atoms with Gasteiger partial charge in [0.15, 0.2) is 0 Å². The Morgan fingerprint density at radius 3 is 2.45 bits per heavy atom. The Hall–Kier alpha value is -2.06. The van der Waals surface area contributed by atoms with E-state index in [0.717, 1.165) is 6.54 Å². The molecule has 0 aliphatic rings. The van der Waals surface area contributed by atoms with Crippen molar-refractivity contribution in [3.05, 3.63) is 71.9 Å². The molecule has 0 spiro atoms. The predicted molar refractivity (Wildman–Crippen MR) is 82.9 cm³/mol. The van der Waals surface area contributed by atoms with Crippen molar-refractivity contribution in [2.45, 2.75) is 19.6 Å². The van der Waals surface area contributed by atoms with Crippen molar-refractivity contribution in [2.24, 2.45) is 0 Å². The fraction of sp³-hybridized carbons (Fsp3) is 0.222. The second-order valence-electron chi connectivity index (χ2n) is 5.09. The zero-order valence-corrected chi connectivity index (χ0v) is 11.9. The number of nitrogens with zero attached hydrogens (tertiary/aromatic N) is 1. The van der Waals surface area contributed by atoms with Crippen molar-refractivity contribution in [2.75, 3.05) is 7.11 Å². The maximum Gasteiger partial charge on any atom is 0.0813 e. The summed E-state index contributed by atoms with van der Waals surface area (Å²) in [7, 11) is 1.76. The Balaban J connectivity index is 2.07. The molecule has 0 fully saturated rings. The van der Waals surface area contributed by atoms with Crippen LogP contribution in [0, 0.1) is 0 Å². The molecule has 1 atom stereocenters. The topological polar surface area (TPSA) is 14.2 Å². The molecule has 0 amide bonds. The molecule has 2 aromatic carbocycles. The molecular formula is C18H19NO. The van der Waals surface area contributed by atoms with E-state index in [1.165, 1.54) is 22.0 Å². The average Bonchev–Trinajstić information content (AvgIpc) is 2.87. The largest absolute Gasteiger partial charge is 0.377 e. The molecule has 0 aliphatic carbocycles. The van der Waals surface area contributed by atoms with Crippen LogP contribution in [0.2, 0.25) is 0 Å². The Labute approximate surface area is 119 Å². The van der Waals surface area contributed by atoms with Crippen LogP contribution in [0.5, 0.6) is 0 Å². The highest BCUT2D eigenvalue weighted by atomic mass is 16.5. The summed E-state index contributed by atoms with van der Waals surface area (Å²) in [5.74, 6) is 0. The van der Waals surface area contributed by atoms with Gasteiger partial charge < -0.3 is 9.30 Å². The highest BCUT2D eigenvalue weighted by Crippen LogP contribution is 2.28. The maximum atomic E-state index is 5.49. The maximum absolute atomic E-state index is 5.49. The first-order valence-corrected chi connectivity index (χ1v) is 6.94. The number of benzene rings is 2. The van der Waals surface area contributed by atoms with Gasteiger partial charge in [0.05, 0.1) is 6.10 Å². The molecule has 1 unspecified atom stereocenters. The Kier molecular flexibility index (Phi) is 3.57. The lowest BCUT2D eigenvalue weighted by Gasteiger charge is -2.07. The van der Waals surface area contributed by atoms with Crippen molar-refractivity contribution in [3.8, 4) is 0 Å². The molecule has 0 N–H and O–H groups in total. The van der Waals surface area contributed by atoms with E-state index >= 15 is 0 Å². The Morgan fingerprint density at radius 1 is 1.00 bits per heavy atom. The van der Waals surface area contributed by atoms with Gasteiger partial charge in [-0.3, -0.25) is 0 Å². The number of rotatable bonds is 4. The summed E-state index contributed by atoms with van der Waals surface area (Å²) in [6.45, 7) is 2.98. The summed E-state index contributed by atoms with van der Waals surface area (Å²) in [5, 5.41) is 1.28. The first kappa shape index (κ1) is 12.9. The molecule has 0 saturated carbocycles. The first-order valence-electron chi connectivity index (χ1n) is 6.94. The quantitative estimate of drug-likeness (QED) is 0.682. The van der Waals surface area contributed by atoms with Gasteiger partial charge in [-0.2, -0.15) is 0 Å². The van der Waals surface area contributed by atoms with Crippen LogP contribution in [-0.2, 0) is 11.3 Å². The number of methoxy groups -OCH3 is 1. The van der Waals surface area contributed by atoms with Crippen LogP contribution in [-0.4, -0.2) is 11.7 Å². The third-order valence-corrected chi connectivity index (χ3v) is 3.81. The monoisotopic (exact) mass is 265 g/mol. The van der Waals surface area contributed by atoms with Crippen molar-refractivity contribution in [1.82, 2.24) is 4.57 Å². The van der Waals surface area contributed by atoms with Gasteiger partial charge in [0, 0.05) is 36.3 Å². The minimum Gasteiger partial charge on any atom is -0.377 e. The van der Waals surface area contributed by atoms with Gasteiger partial charge in [-0.25, -0.2) is 0 Å². The second-order valence-corrected chi connectivity index (χ2v) is 5.09. The van der Waals surface area contributed by atoms with Gasteiger partial charge in [0.2, 0.25) is 0 Å². The molecule has 0 radical (unpaired) electrons. The fourth-order valence-corrected chi connectivity index (χ4v) is 2.64. The van der Waals surface area contributed by atoms with Crippen LogP contribution in [0.3, 0.4) is 0 Å². The molecule has 0 aliphatic heterocycles. The molecular weight excluding hydrogens is 246 g/mol. The lowest BCUT2D eigenvalue weighted by Crippen LogP contribution is -1.98. The van der Waals surface area contributed by atoms with E-state index in [1.807, 2.05) is 0 Å². The summed E-state index contributed by atoms with van der Waals surface area (Å²) in [5.41, 5.74) is 3.82. The highest BCUT2D eigenvalue weighted by molar-refractivity contribution is 5.84. The molecule has 2 heteroatoms. The third-order valence-electron chi connectivity index (χ3n) is 3.81. The lowest BCUT2D eigenvalue weighted by molar-refractivity contribution is 0.120. The average molecular weight is 265 g/mol. The molecule has 1 heterocycles. The molecule has 3 aromatic rings. The van der Waals surface area contributed by atoms with Gasteiger partial charge >= 0.3 is 0 Å². The molecule has 1 aromatic heterocycles. The van der Waals surface area contributed by atoms with Crippen molar-refractivity contribution < 1.29 is 4.74 Å². The summed E-state index contributed by atoms with van der Waals surface area (Å²) in [4.78, 5) is 0. The van der Waals surface area contributed by atoms with Gasteiger partial charge in [0.1, 0.15) is 0 Å². The van der Waals surface area contributed by atoms with E-state index in [4.69, 9.17) is 4.74 Å². The number of ether oxygens (including phenoxy) is 1. The number of fused-ring (bicyclic) bond motifs is 1. The van der Waals surface area contributed by atoms with Crippen molar-refractivity contribution >= 4 is 10.9 Å². The van der Waals surface area contributed by atoms with Gasteiger partial charge in [-0.1, -0.05) is 48.5 Å². The number of hydrogen-bond acceptors (Lipinski definition) is 1. The molecule has 0 saturated heterocycles. The van der Waals surface area contributed by atoms with Crippen molar-refractivity contribution in [3.63, 3.8) is 0 Å². The van der Waals surface area contributed by atoms with E-state index in [9.17, 15) is 0 Å². The lowest BCUT2D eigenvalue weighted by atomic mass is 10.1. The standard InChI is InChI=1S/C18H19NO/c1-14(20-2)17-13-19(12-15-8-4-3-5-9-15)18-11-7-6-10-16(17)18/h3-11,13-14H,12H2,1-2H3. The second kappa shape index (κ2) is 5.51. The first-order chi connectivity index (χ1) is 9.79. The van der Waals surface area contributed by atoms with Gasteiger partial charge in [0.25, 0.3) is 0 Å². The normalized spacial score (nSPS) is 12.7. The summed E-state index contributed by atoms with van der Waals surface area (Å²) < 4.78 is 7.80. The zero-order valence-electron chi connectivity index (χ0n) is 11.9. The van der Waals surface area contributed by atoms with E-state index in [1.54, 1.807) is 7.11 Å². The van der Waals surface area contributed by atoms with E-state index in [0.29, 0.717) is 0 Å². The van der Waals surface area contributed by atoms with Crippen LogP contribution in [0.1, 0.15) is 24.2 Å². The number of hydrogen-bond donors (Lipinski definition) is 0. The summed E-state index contributed by atoms with van der Waals surface area (Å²) in [6, 6.07) is 19.1. The molecule has 20 heavy (non-hydrogen) atoms. The van der Waals surface area contributed by atoms with Crippen LogP contribution in [0.15, 0.2) is 60.8 Å². The van der Waals surface area contributed by atoms with Crippen LogP contribution in [0.25, 0.3) is 10.9 Å². The van der Waals surface area contributed by atoms with E-state index in [2.05, 4.69) is 72.3 Å². The third kappa shape index (κ3) is 2.35. The zero-order chi connectivity index (χ0) is 13.9. The van der Waals surface area contributed by atoms with Crippen LogP contribution < -0.4 is 0 Å². The highest BCUT2D eigenvalue weighted by Gasteiger charge is 2.13. The van der Waals surface area contributed by atoms with Crippen LogP contribution >= 0.6 is 0 Å². The van der Waals surface area contributed by atoms with E-state index < -0.39 is 0 Å². The summed E-state index contributed by atoms with van der Waals surface area (Å²) in [6.07, 6.45) is 2.32. The van der Waals surface area contributed by atoms with Crippen molar-refractivity contribution in [1.29, 1.82) is 0 Å². The minimum absolute atomic E-state index is 0.108. The SMILES string of the molecule is COC(C)c1cn(Cc2ccccc2)c2ccccc12. The minimum atomic E-state index is 0.108. The Bertz CT molecular complexity index is 700.